The van der Waals surface area contributed by atoms with Crippen LogP contribution in [0.25, 0.3) is 0 Å². The molecule has 2 fully saturated rings. The number of rotatable bonds is 5. The highest BCUT2D eigenvalue weighted by molar-refractivity contribution is 5.96. The van der Waals surface area contributed by atoms with Gasteiger partial charge in [0.2, 0.25) is 0 Å². The summed E-state index contributed by atoms with van der Waals surface area (Å²) in [6.07, 6.45) is 6.52. The van der Waals surface area contributed by atoms with Gasteiger partial charge in [-0.25, -0.2) is 0 Å². The quantitative estimate of drug-likeness (QED) is 0.643. The van der Waals surface area contributed by atoms with Crippen molar-refractivity contribution in [2.45, 2.75) is 57.5 Å². The normalized spacial score (nSPS) is 24.0. The summed E-state index contributed by atoms with van der Waals surface area (Å²) in [5, 5.41) is 17.5. The summed E-state index contributed by atoms with van der Waals surface area (Å²) in [7, 11) is 0. The zero-order valence-corrected chi connectivity index (χ0v) is 13.4. The van der Waals surface area contributed by atoms with E-state index in [-0.39, 0.29) is 17.6 Å². The van der Waals surface area contributed by atoms with Crippen LogP contribution < -0.4 is 10.6 Å². The Hall–Kier alpha value is -2.11. The summed E-state index contributed by atoms with van der Waals surface area (Å²) in [6, 6.07) is 5.19. The molecule has 2 aliphatic rings. The predicted octanol–water partition coefficient (Wildman–Crippen LogP) is 3.48. The maximum absolute atomic E-state index is 12.4. The minimum absolute atomic E-state index is 0.0266. The molecule has 2 saturated carbocycles. The van der Waals surface area contributed by atoms with E-state index < -0.39 is 4.92 Å². The number of carbonyl (C=O) groups is 1. The van der Waals surface area contributed by atoms with Crippen LogP contribution >= 0.6 is 0 Å². The predicted molar refractivity (Wildman–Crippen MR) is 88.6 cm³/mol. The molecule has 0 bridgehead atoms. The molecule has 124 valence electrons. The van der Waals surface area contributed by atoms with Gasteiger partial charge in [-0.2, -0.15) is 0 Å². The number of nitro groups is 1. The molecule has 6 nitrogen and oxygen atoms in total. The average Bonchev–Trinajstić information content (AvgIpc) is 3.33. The van der Waals surface area contributed by atoms with Crippen LogP contribution in [0.2, 0.25) is 0 Å². The van der Waals surface area contributed by atoms with Crippen LogP contribution in [0, 0.1) is 16.0 Å². The van der Waals surface area contributed by atoms with Crippen molar-refractivity contribution in [3.8, 4) is 0 Å². The molecule has 0 spiro atoms. The lowest BCUT2D eigenvalue weighted by molar-refractivity contribution is -0.384. The van der Waals surface area contributed by atoms with E-state index in [1.165, 1.54) is 12.5 Å². The van der Waals surface area contributed by atoms with E-state index in [9.17, 15) is 14.9 Å². The number of nitrogens with one attached hydrogen (secondary N) is 2. The molecular formula is C17H23N3O3. The van der Waals surface area contributed by atoms with Crippen molar-refractivity contribution in [2.75, 3.05) is 5.32 Å². The van der Waals surface area contributed by atoms with Crippen molar-refractivity contribution in [3.63, 3.8) is 0 Å². The molecule has 1 amide bonds. The first-order valence-corrected chi connectivity index (χ1v) is 8.40. The first kappa shape index (κ1) is 15.8. The topological polar surface area (TPSA) is 84.3 Å². The Morgan fingerprint density at radius 2 is 1.96 bits per heavy atom. The number of hydrogen-bond donors (Lipinski definition) is 2. The number of amides is 1. The highest BCUT2D eigenvalue weighted by Crippen LogP contribution is 2.32. The summed E-state index contributed by atoms with van der Waals surface area (Å²) in [5.74, 6) is 0.239. The fraction of sp³-hybridized carbons (Fsp3) is 0.588. The highest BCUT2D eigenvalue weighted by atomic mass is 16.6. The second-order valence-electron chi connectivity index (χ2n) is 6.75. The smallest absolute Gasteiger partial charge is 0.293 e. The monoisotopic (exact) mass is 317 g/mol. The van der Waals surface area contributed by atoms with E-state index in [1.54, 1.807) is 12.1 Å². The molecule has 1 aromatic carbocycles. The lowest BCUT2D eigenvalue weighted by Gasteiger charge is -2.29. The van der Waals surface area contributed by atoms with Crippen LogP contribution in [-0.4, -0.2) is 22.9 Å². The Bertz CT molecular complexity index is 613. The number of anilines is 1. The van der Waals surface area contributed by atoms with Crippen LogP contribution in [-0.2, 0) is 0 Å². The zero-order valence-electron chi connectivity index (χ0n) is 13.4. The van der Waals surface area contributed by atoms with Gasteiger partial charge in [-0.3, -0.25) is 14.9 Å². The van der Waals surface area contributed by atoms with Crippen LogP contribution in [0.15, 0.2) is 18.2 Å². The number of carbonyl (C=O) groups excluding carboxylic acids is 1. The van der Waals surface area contributed by atoms with E-state index in [2.05, 4.69) is 17.6 Å². The number of nitro benzene ring substituents is 1. The van der Waals surface area contributed by atoms with E-state index in [0.717, 1.165) is 32.1 Å². The molecule has 6 heteroatoms. The van der Waals surface area contributed by atoms with E-state index in [0.29, 0.717) is 23.2 Å². The molecule has 3 rings (SSSR count). The number of hydrogen-bond acceptors (Lipinski definition) is 4. The van der Waals surface area contributed by atoms with Crippen LogP contribution in [0.4, 0.5) is 11.4 Å². The van der Waals surface area contributed by atoms with Crippen LogP contribution in [0.5, 0.6) is 0 Å². The van der Waals surface area contributed by atoms with Crippen molar-refractivity contribution >= 4 is 17.3 Å². The second kappa shape index (κ2) is 6.56. The molecule has 0 aromatic heterocycles. The molecule has 0 radical (unpaired) electrons. The summed E-state index contributed by atoms with van der Waals surface area (Å²) in [5.41, 5.74) is 0.831. The summed E-state index contributed by atoms with van der Waals surface area (Å²) < 4.78 is 0. The summed E-state index contributed by atoms with van der Waals surface area (Å²) in [6.45, 7) is 2.15. The molecule has 2 N–H and O–H groups in total. The molecule has 2 aliphatic carbocycles. The molecular weight excluding hydrogens is 294 g/mol. The molecule has 23 heavy (non-hydrogen) atoms. The van der Waals surface area contributed by atoms with E-state index in [1.807, 2.05) is 0 Å². The molecule has 0 heterocycles. The molecule has 2 unspecified atom stereocenters. The SMILES string of the molecule is CC1CCCCC1NC(=O)c1ccc(NC2CC2)c([N+](=O)[O-])c1. The summed E-state index contributed by atoms with van der Waals surface area (Å²) >= 11 is 0. The Kier molecular flexibility index (Phi) is 4.50. The van der Waals surface area contributed by atoms with Crippen LogP contribution in [0.1, 0.15) is 55.8 Å². The maximum atomic E-state index is 12.4. The lowest BCUT2D eigenvalue weighted by Crippen LogP contribution is -2.41. The van der Waals surface area contributed by atoms with Gasteiger partial charge in [0.05, 0.1) is 4.92 Å². The van der Waals surface area contributed by atoms with Gasteiger partial charge in [0.15, 0.2) is 0 Å². The lowest BCUT2D eigenvalue weighted by atomic mass is 9.86. The first-order chi connectivity index (χ1) is 11.0. The third-order valence-electron chi connectivity index (χ3n) is 4.82. The largest absolute Gasteiger partial charge is 0.377 e. The number of benzene rings is 1. The van der Waals surface area contributed by atoms with Gasteiger partial charge in [-0.15, -0.1) is 0 Å². The zero-order chi connectivity index (χ0) is 16.4. The molecule has 1 aromatic rings. The molecule has 0 saturated heterocycles. The third kappa shape index (κ3) is 3.81. The standard InChI is InChI=1S/C17H23N3O3/c1-11-4-2-3-5-14(11)19-17(21)12-6-9-15(18-13-7-8-13)16(10-12)20(22)23/h6,9-11,13-14,18H,2-5,7-8H2,1H3,(H,19,21). The average molecular weight is 317 g/mol. The van der Waals surface area contributed by atoms with Gasteiger partial charge in [0, 0.05) is 23.7 Å². The van der Waals surface area contributed by atoms with E-state index in [4.69, 9.17) is 0 Å². The fourth-order valence-electron chi connectivity index (χ4n) is 3.18. The van der Waals surface area contributed by atoms with Crippen molar-refractivity contribution in [3.05, 3.63) is 33.9 Å². The second-order valence-corrected chi connectivity index (χ2v) is 6.75. The first-order valence-electron chi connectivity index (χ1n) is 8.40. The Morgan fingerprint density at radius 1 is 1.22 bits per heavy atom. The van der Waals surface area contributed by atoms with Gasteiger partial charge in [-0.05, 0) is 43.7 Å². The summed E-state index contributed by atoms with van der Waals surface area (Å²) in [4.78, 5) is 23.3. The Morgan fingerprint density at radius 3 is 2.61 bits per heavy atom. The Balaban J connectivity index is 1.74. The minimum Gasteiger partial charge on any atom is -0.377 e. The van der Waals surface area contributed by atoms with E-state index >= 15 is 0 Å². The fourth-order valence-corrected chi connectivity index (χ4v) is 3.18. The van der Waals surface area contributed by atoms with Crippen molar-refractivity contribution in [1.29, 1.82) is 0 Å². The molecule has 2 atom stereocenters. The minimum atomic E-state index is -0.426. The van der Waals surface area contributed by atoms with Crippen molar-refractivity contribution in [1.82, 2.24) is 5.32 Å². The van der Waals surface area contributed by atoms with Gasteiger partial charge in [0.1, 0.15) is 5.69 Å². The van der Waals surface area contributed by atoms with Crippen molar-refractivity contribution < 1.29 is 9.72 Å². The highest BCUT2D eigenvalue weighted by Gasteiger charge is 2.27. The van der Waals surface area contributed by atoms with Crippen LogP contribution in [0.3, 0.4) is 0 Å². The number of nitrogens with zero attached hydrogens (tertiary/aromatic N) is 1. The van der Waals surface area contributed by atoms with Gasteiger partial charge >= 0.3 is 0 Å². The van der Waals surface area contributed by atoms with Gasteiger partial charge in [0.25, 0.3) is 11.6 Å². The van der Waals surface area contributed by atoms with Gasteiger partial charge < -0.3 is 10.6 Å². The maximum Gasteiger partial charge on any atom is 0.293 e. The van der Waals surface area contributed by atoms with Gasteiger partial charge in [-0.1, -0.05) is 19.8 Å². The van der Waals surface area contributed by atoms with Crippen molar-refractivity contribution in [2.24, 2.45) is 5.92 Å². The third-order valence-corrected chi connectivity index (χ3v) is 4.82. The molecule has 0 aliphatic heterocycles. The Labute approximate surface area is 135 Å².